The minimum Gasteiger partial charge on any atom is -0.490 e. The van der Waals surface area contributed by atoms with Crippen LogP contribution in [0.25, 0.3) is 0 Å². The van der Waals surface area contributed by atoms with Crippen molar-refractivity contribution in [2.75, 3.05) is 13.2 Å². The van der Waals surface area contributed by atoms with Crippen LogP contribution in [0, 0.1) is 0 Å². The molecule has 1 aromatic carbocycles. The Morgan fingerprint density at radius 1 is 1.13 bits per heavy atom. The maximum absolute atomic E-state index is 11.8. The van der Waals surface area contributed by atoms with Crippen molar-refractivity contribution in [2.45, 2.75) is 19.8 Å². The fourth-order valence-electron chi connectivity index (χ4n) is 1.91. The first-order valence-corrected chi connectivity index (χ1v) is 7.45. The molecule has 2 aromatic rings. The summed E-state index contributed by atoms with van der Waals surface area (Å²) in [5.41, 5.74) is 0. The zero-order valence-corrected chi connectivity index (χ0v) is 12.9. The molecule has 0 bridgehead atoms. The molecule has 0 saturated heterocycles. The van der Waals surface area contributed by atoms with Crippen molar-refractivity contribution in [1.82, 2.24) is 5.32 Å². The molecule has 122 valence electrons. The molecule has 0 unspecified atom stereocenters. The summed E-state index contributed by atoms with van der Waals surface area (Å²) in [6, 6.07) is 10.2. The number of rotatable bonds is 8. The van der Waals surface area contributed by atoms with Crippen LogP contribution in [-0.2, 0) is 4.79 Å². The highest BCUT2D eigenvalue weighted by molar-refractivity contribution is 5.91. The fraction of sp³-hybridized carbons (Fsp3) is 0.294. The van der Waals surface area contributed by atoms with Crippen LogP contribution in [0.1, 0.15) is 30.3 Å². The molecule has 1 amide bonds. The van der Waals surface area contributed by atoms with Gasteiger partial charge >= 0.3 is 5.97 Å². The summed E-state index contributed by atoms with van der Waals surface area (Å²) in [5.74, 6) is 0.515. The topological polar surface area (TPSA) is 77.8 Å². The number of hydrogen-bond acceptors (Lipinski definition) is 5. The lowest BCUT2D eigenvalue weighted by molar-refractivity contribution is -0.134. The number of nitrogens with one attached hydrogen (secondary N) is 1. The average Bonchev–Trinajstić information content (AvgIpc) is 3.08. The van der Waals surface area contributed by atoms with Crippen molar-refractivity contribution in [3.63, 3.8) is 0 Å². The average molecular weight is 317 g/mol. The van der Waals surface area contributed by atoms with Gasteiger partial charge in [-0.2, -0.15) is 0 Å². The van der Waals surface area contributed by atoms with Crippen molar-refractivity contribution in [2.24, 2.45) is 0 Å². The van der Waals surface area contributed by atoms with Gasteiger partial charge in [0, 0.05) is 13.0 Å². The molecule has 0 atom stereocenters. The van der Waals surface area contributed by atoms with Crippen LogP contribution in [0.3, 0.4) is 0 Å². The van der Waals surface area contributed by atoms with E-state index >= 15 is 0 Å². The Morgan fingerprint density at radius 2 is 1.91 bits per heavy atom. The third-order valence-electron chi connectivity index (χ3n) is 2.96. The van der Waals surface area contributed by atoms with Crippen LogP contribution >= 0.6 is 0 Å². The maximum Gasteiger partial charge on any atom is 0.311 e. The van der Waals surface area contributed by atoms with E-state index in [9.17, 15) is 9.59 Å². The molecule has 0 aliphatic carbocycles. The SMILES string of the molecule is CCOc1ccccc1OC(=O)CCCNC(=O)c1ccco1. The van der Waals surface area contributed by atoms with Crippen LogP contribution in [0.2, 0.25) is 0 Å². The Balaban J connectivity index is 1.72. The molecular formula is C17H19NO5. The van der Waals surface area contributed by atoms with Gasteiger partial charge in [-0.3, -0.25) is 9.59 Å². The molecule has 6 nitrogen and oxygen atoms in total. The van der Waals surface area contributed by atoms with E-state index in [0.717, 1.165) is 0 Å². The quantitative estimate of drug-likeness (QED) is 0.460. The number of ether oxygens (including phenoxy) is 2. The Hall–Kier alpha value is -2.76. The van der Waals surface area contributed by atoms with Crippen molar-refractivity contribution in [1.29, 1.82) is 0 Å². The predicted molar refractivity (Wildman–Crippen MR) is 83.5 cm³/mol. The molecule has 0 saturated carbocycles. The molecule has 23 heavy (non-hydrogen) atoms. The van der Waals surface area contributed by atoms with E-state index in [1.165, 1.54) is 6.26 Å². The summed E-state index contributed by atoms with van der Waals surface area (Å²) in [5, 5.41) is 2.67. The third kappa shape index (κ3) is 5.18. The molecule has 1 N–H and O–H groups in total. The van der Waals surface area contributed by atoms with Gasteiger partial charge in [-0.05, 0) is 37.6 Å². The Kier molecular flexibility index (Phi) is 6.23. The highest BCUT2D eigenvalue weighted by atomic mass is 16.6. The lowest BCUT2D eigenvalue weighted by Crippen LogP contribution is -2.24. The summed E-state index contributed by atoms with van der Waals surface area (Å²) in [7, 11) is 0. The largest absolute Gasteiger partial charge is 0.490 e. The monoisotopic (exact) mass is 317 g/mol. The van der Waals surface area contributed by atoms with Crippen LogP contribution < -0.4 is 14.8 Å². The number of esters is 1. The highest BCUT2D eigenvalue weighted by Gasteiger charge is 2.11. The second-order valence-electron chi connectivity index (χ2n) is 4.69. The van der Waals surface area contributed by atoms with Gasteiger partial charge < -0.3 is 19.2 Å². The van der Waals surface area contributed by atoms with Gasteiger partial charge in [-0.1, -0.05) is 12.1 Å². The molecule has 0 fully saturated rings. The number of amides is 1. The lowest BCUT2D eigenvalue weighted by atomic mass is 10.3. The first-order valence-electron chi connectivity index (χ1n) is 7.45. The third-order valence-corrected chi connectivity index (χ3v) is 2.96. The Labute approximate surface area is 134 Å². The van der Waals surface area contributed by atoms with Gasteiger partial charge in [-0.25, -0.2) is 0 Å². The zero-order valence-electron chi connectivity index (χ0n) is 12.9. The molecule has 0 aliphatic heterocycles. The van der Waals surface area contributed by atoms with Gasteiger partial charge in [0.25, 0.3) is 5.91 Å². The molecule has 1 aromatic heterocycles. The Bertz CT molecular complexity index is 636. The smallest absolute Gasteiger partial charge is 0.311 e. The van der Waals surface area contributed by atoms with E-state index in [2.05, 4.69) is 5.32 Å². The summed E-state index contributed by atoms with van der Waals surface area (Å²) >= 11 is 0. The molecule has 0 radical (unpaired) electrons. The maximum atomic E-state index is 11.8. The van der Waals surface area contributed by atoms with Gasteiger partial charge in [0.1, 0.15) is 0 Å². The van der Waals surface area contributed by atoms with Crippen LogP contribution in [0.4, 0.5) is 0 Å². The van der Waals surface area contributed by atoms with Gasteiger partial charge in [0.05, 0.1) is 12.9 Å². The summed E-state index contributed by atoms with van der Waals surface area (Å²) in [6.45, 7) is 2.72. The minimum atomic E-state index is -0.371. The standard InChI is InChI=1S/C17H19NO5/c1-2-21-13-7-3-4-8-14(13)23-16(19)10-5-11-18-17(20)15-9-6-12-22-15/h3-4,6-9,12H,2,5,10-11H2,1H3,(H,18,20). The number of carbonyl (C=O) groups excluding carboxylic acids is 2. The van der Waals surface area contributed by atoms with Crippen molar-refractivity contribution >= 4 is 11.9 Å². The first kappa shape index (κ1) is 16.6. The van der Waals surface area contributed by atoms with E-state index in [4.69, 9.17) is 13.9 Å². The van der Waals surface area contributed by atoms with E-state index < -0.39 is 0 Å². The van der Waals surface area contributed by atoms with E-state index in [-0.39, 0.29) is 24.1 Å². The second-order valence-corrected chi connectivity index (χ2v) is 4.69. The number of benzene rings is 1. The minimum absolute atomic E-state index is 0.193. The van der Waals surface area contributed by atoms with Gasteiger partial charge in [0.15, 0.2) is 17.3 Å². The van der Waals surface area contributed by atoms with Crippen LogP contribution in [0.15, 0.2) is 47.1 Å². The molecule has 0 spiro atoms. The normalized spacial score (nSPS) is 10.1. The van der Waals surface area contributed by atoms with Crippen LogP contribution in [0.5, 0.6) is 11.5 Å². The fourth-order valence-corrected chi connectivity index (χ4v) is 1.91. The lowest BCUT2D eigenvalue weighted by Gasteiger charge is -2.10. The van der Waals surface area contributed by atoms with E-state index in [0.29, 0.717) is 31.1 Å². The highest BCUT2D eigenvalue weighted by Crippen LogP contribution is 2.26. The molecule has 6 heteroatoms. The van der Waals surface area contributed by atoms with E-state index in [1.807, 2.05) is 13.0 Å². The molecule has 0 aliphatic rings. The van der Waals surface area contributed by atoms with Crippen LogP contribution in [-0.4, -0.2) is 25.0 Å². The number of carbonyl (C=O) groups is 2. The van der Waals surface area contributed by atoms with Crippen molar-refractivity contribution in [3.8, 4) is 11.5 Å². The summed E-state index contributed by atoms with van der Waals surface area (Å²) in [4.78, 5) is 23.5. The van der Waals surface area contributed by atoms with E-state index in [1.54, 1.807) is 30.3 Å². The van der Waals surface area contributed by atoms with Gasteiger partial charge in [-0.15, -0.1) is 0 Å². The zero-order chi connectivity index (χ0) is 16.5. The van der Waals surface area contributed by atoms with Crippen molar-refractivity contribution < 1.29 is 23.5 Å². The summed E-state index contributed by atoms with van der Waals surface area (Å²) in [6.07, 6.45) is 2.10. The van der Waals surface area contributed by atoms with Crippen molar-refractivity contribution in [3.05, 3.63) is 48.4 Å². The first-order chi connectivity index (χ1) is 11.2. The van der Waals surface area contributed by atoms with Gasteiger partial charge in [0.2, 0.25) is 0 Å². The Morgan fingerprint density at radius 3 is 2.61 bits per heavy atom. The molecule has 1 heterocycles. The number of hydrogen-bond donors (Lipinski definition) is 1. The number of furan rings is 1. The summed E-state index contributed by atoms with van der Waals surface area (Å²) < 4.78 is 15.6. The second kappa shape index (κ2) is 8.63. The number of para-hydroxylation sites is 2. The predicted octanol–water partition coefficient (Wildman–Crippen LogP) is 2.79. The molecular weight excluding hydrogens is 298 g/mol. The molecule has 2 rings (SSSR count).